The van der Waals surface area contributed by atoms with Crippen molar-refractivity contribution in [1.82, 2.24) is 5.32 Å². The van der Waals surface area contributed by atoms with E-state index >= 15 is 0 Å². The number of aliphatic carboxylic acids is 1. The first-order valence-corrected chi connectivity index (χ1v) is 6.79. The summed E-state index contributed by atoms with van der Waals surface area (Å²) in [6.07, 6.45) is 0.655. The van der Waals surface area contributed by atoms with Crippen LogP contribution in [0.5, 0.6) is 0 Å². The fraction of sp³-hybridized carbons (Fsp3) is 0.429. The zero-order valence-corrected chi connectivity index (χ0v) is 12.5. The topological polar surface area (TPSA) is 78.4 Å². The smallest absolute Gasteiger partial charge is 0.326 e. The van der Waals surface area contributed by atoms with E-state index in [4.69, 9.17) is 16.7 Å². The third kappa shape index (κ3) is 4.42. The van der Waals surface area contributed by atoms with Gasteiger partial charge in [0.25, 0.3) is 0 Å². The summed E-state index contributed by atoms with van der Waals surface area (Å²) < 4.78 is 0. The molecular formula is C14H19ClN2O3. The number of amides is 2. The first-order valence-electron chi connectivity index (χ1n) is 6.41. The molecule has 0 spiro atoms. The van der Waals surface area contributed by atoms with Gasteiger partial charge in [-0.05, 0) is 30.5 Å². The van der Waals surface area contributed by atoms with Crippen molar-refractivity contribution in [2.75, 3.05) is 5.32 Å². The van der Waals surface area contributed by atoms with Crippen LogP contribution in [0.15, 0.2) is 18.2 Å². The molecule has 0 fully saturated rings. The van der Waals surface area contributed by atoms with Crippen LogP contribution in [0.25, 0.3) is 0 Å². The Kier molecular flexibility index (Phi) is 5.82. The van der Waals surface area contributed by atoms with Crippen LogP contribution in [0.1, 0.15) is 25.8 Å². The highest BCUT2D eigenvalue weighted by Gasteiger charge is 2.25. The predicted molar refractivity (Wildman–Crippen MR) is 79.2 cm³/mol. The van der Waals surface area contributed by atoms with E-state index < -0.39 is 18.0 Å². The molecule has 1 aromatic carbocycles. The van der Waals surface area contributed by atoms with Gasteiger partial charge in [0.05, 0.1) is 10.7 Å². The lowest BCUT2D eigenvalue weighted by Crippen LogP contribution is -2.46. The summed E-state index contributed by atoms with van der Waals surface area (Å²) in [7, 11) is 0. The molecule has 2 unspecified atom stereocenters. The molecule has 5 nitrogen and oxygen atoms in total. The van der Waals surface area contributed by atoms with Crippen LogP contribution in [-0.2, 0) is 4.79 Å². The summed E-state index contributed by atoms with van der Waals surface area (Å²) in [5.74, 6) is -1.21. The Hall–Kier alpha value is -1.75. The number of carboxylic acid groups (broad SMARTS) is 1. The summed E-state index contributed by atoms with van der Waals surface area (Å²) in [6, 6.07) is 3.72. The van der Waals surface area contributed by atoms with Gasteiger partial charge >= 0.3 is 12.0 Å². The summed E-state index contributed by atoms with van der Waals surface area (Å²) in [5.41, 5.74) is 1.40. The van der Waals surface area contributed by atoms with E-state index in [0.717, 1.165) is 5.56 Å². The van der Waals surface area contributed by atoms with Crippen molar-refractivity contribution in [2.45, 2.75) is 33.2 Å². The molecule has 0 bridgehead atoms. The summed E-state index contributed by atoms with van der Waals surface area (Å²) in [4.78, 5) is 23.0. The first-order chi connectivity index (χ1) is 9.35. The van der Waals surface area contributed by atoms with Gasteiger partial charge in [-0.3, -0.25) is 0 Å². The number of halogens is 1. The molecule has 0 aliphatic carbocycles. The SMILES string of the molecule is CCC(C)C(NC(=O)Nc1cc(C)ccc1Cl)C(=O)O. The molecule has 3 N–H and O–H groups in total. The van der Waals surface area contributed by atoms with E-state index in [1.165, 1.54) is 0 Å². The molecule has 2 atom stereocenters. The molecule has 0 radical (unpaired) electrons. The van der Waals surface area contributed by atoms with E-state index in [-0.39, 0.29) is 5.92 Å². The van der Waals surface area contributed by atoms with Crippen LogP contribution < -0.4 is 10.6 Å². The van der Waals surface area contributed by atoms with Crippen LogP contribution in [0, 0.1) is 12.8 Å². The van der Waals surface area contributed by atoms with Gasteiger partial charge < -0.3 is 15.7 Å². The number of hydrogen-bond acceptors (Lipinski definition) is 2. The van der Waals surface area contributed by atoms with Gasteiger partial charge in [-0.2, -0.15) is 0 Å². The molecule has 2 amide bonds. The summed E-state index contributed by atoms with van der Waals surface area (Å²) >= 11 is 5.97. The lowest BCUT2D eigenvalue weighted by atomic mass is 9.99. The number of urea groups is 1. The normalized spacial score (nSPS) is 13.4. The lowest BCUT2D eigenvalue weighted by Gasteiger charge is -2.20. The molecule has 20 heavy (non-hydrogen) atoms. The van der Waals surface area contributed by atoms with Gasteiger partial charge in [0, 0.05) is 0 Å². The van der Waals surface area contributed by atoms with Crippen molar-refractivity contribution in [2.24, 2.45) is 5.92 Å². The van der Waals surface area contributed by atoms with E-state index in [1.54, 1.807) is 19.1 Å². The van der Waals surface area contributed by atoms with Gasteiger partial charge in [0.2, 0.25) is 0 Å². The van der Waals surface area contributed by atoms with Gasteiger partial charge in [0.1, 0.15) is 6.04 Å². The van der Waals surface area contributed by atoms with E-state index in [1.807, 2.05) is 19.9 Å². The number of rotatable bonds is 5. The monoisotopic (exact) mass is 298 g/mol. The molecule has 6 heteroatoms. The Bertz CT molecular complexity index is 505. The van der Waals surface area contributed by atoms with Crippen LogP contribution in [0.3, 0.4) is 0 Å². The maximum Gasteiger partial charge on any atom is 0.326 e. The fourth-order valence-corrected chi connectivity index (χ4v) is 1.88. The molecule has 1 rings (SSSR count). The number of anilines is 1. The summed E-state index contributed by atoms with van der Waals surface area (Å²) in [6.45, 7) is 5.52. The number of hydrogen-bond donors (Lipinski definition) is 3. The minimum absolute atomic E-state index is 0.161. The highest BCUT2D eigenvalue weighted by atomic mass is 35.5. The maximum atomic E-state index is 11.9. The highest BCUT2D eigenvalue weighted by Crippen LogP contribution is 2.22. The Morgan fingerprint density at radius 2 is 2.05 bits per heavy atom. The fourth-order valence-electron chi connectivity index (χ4n) is 1.72. The van der Waals surface area contributed by atoms with Crippen LogP contribution >= 0.6 is 11.6 Å². The van der Waals surface area contributed by atoms with Crippen molar-refractivity contribution in [3.63, 3.8) is 0 Å². The number of benzene rings is 1. The van der Waals surface area contributed by atoms with Gasteiger partial charge in [0.15, 0.2) is 0 Å². The van der Waals surface area contributed by atoms with E-state index in [0.29, 0.717) is 17.1 Å². The molecular weight excluding hydrogens is 280 g/mol. The standard InChI is InChI=1S/C14H19ClN2O3/c1-4-9(3)12(13(18)19)17-14(20)16-11-7-8(2)5-6-10(11)15/h5-7,9,12H,4H2,1-3H3,(H,18,19)(H2,16,17,20). The van der Waals surface area contributed by atoms with Crippen molar-refractivity contribution < 1.29 is 14.7 Å². The third-order valence-corrected chi connectivity index (χ3v) is 3.47. The minimum atomic E-state index is -1.05. The molecule has 0 saturated carbocycles. The number of carboxylic acids is 1. The van der Waals surface area contributed by atoms with Crippen LogP contribution in [-0.4, -0.2) is 23.1 Å². The number of carbonyl (C=O) groups is 2. The van der Waals surface area contributed by atoms with E-state index in [9.17, 15) is 9.59 Å². The van der Waals surface area contributed by atoms with Gasteiger partial charge in [-0.25, -0.2) is 9.59 Å². The minimum Gasteiger partial charge on any atom is -0.480 e. The van der Waals surface area contributed by atoms with Crippen molar-refractivity contribution in [1.29, 1.82) is 0 Å². The van der Waals surface area contributed by atoms with Crippen molar-refractivity contribution in [3.05, 3.63) is 28.8 Å². The second-order valence-corrected chi connectivity index (χ2v) is 5.19. The zero-order valence-electron chi connectivity index (χ0n) is 11.7. The number of aryl methyl sites for hydroxylation is 1. The second-order valence-electron chi connectivity index (χ2n) is 4.78. The first kappa shape index (κ1) is 16.3. The molecule has 0 aliphatic rings. The van der Waals surface area contributed by atoms with E-state index in [2.05, 4.69) is 10.6 Å². The molecule has 110 valence electrons. The predicted octanol–water partition coefficient (Wildman–Crippen LogP) is 3.27. The molecule has 1 aromatic rings. The van der Waals surface area contributed by atoms with Crippen molar-refractivity contribution in [3.8, 4) is 0 Å². The van der Waals surface area contributed by atoms with Crippen LogP contribution in [0.4, 0.5) is 10.5 Å². The highest BCUT2D eigenvalue weighted by molar-refractivity contribution is 6.33. The molecule has 0 saturated heterocycles. The Morgan fingerprint density at radius 1 is 1.40 bits per heavy atom. The average Bonchev–Trinajstić information content (AvgIpc) is 2.39. The number of nitrogens with one attached hydrogen (secondary N) is 2. The number of carbonyl (C=O) groups excluding carboxylic acids is 1. The molecule has 0 aliphatic heterocycles. The summed E-state index contributed by atoms with van der Waals surface area (Å²) in [5, 5.41) is 14.5. The van der Waals surface area contributed by atoms with Gasteiger partial charge in [-0.15, -0.1) is 0 Å². The third-order valence-electron chi connectivity index (χ3n) is 3.14. The quantitative estimate of drug-likeness (QED) is 0.780. The maximum absolute atomic E-state index is 11.9. The van der Waals surface area contributed by atoms with Crippen LogP contribution in [0.2, 0.25) is 5.02 Å². The largest absolute Gasteiger partial charge is 0.480 e. The zero-order chi connectivity index (χ0) is 15.3. The Labute approximate surface area is 123 Å². The average molecular weight is 299 g/mol. The molecule has 0 aromatic heterocycles. The molecule has 0 heterocycles. The van der Waals surface area contributed by atoms with Gasteiger partial charge in [-0.1, -0.05) is 37.9 Å². The van der Waals surface area contributed by atoms with Crippen molar-refractivity contribution >= 4 is 29.3 Å². The Balaban J connectivity index is 2.75. The lowest BCUT2D eigenvalue weighted by molar-refractivity contribution is -0.140. The Morgan fingerprint density at radius 3 is 2.60 bits per heavy atom. The second kappa shape index (κ2) is 7.14.